The summed E-state index contributed by atoms with van der Waals surface area (Å²) in [5, 5.41) is 13.0. The summed E-state index contributed by atoms with van der Waals surface area (Å²) >= 11 is 0. The van der Waals surface area contributed by atoms with Gasteiger partial charge in [-0.1, -0.05) is 6.07 Å². The van der Waals surface area contributed by atoms with E-state index in [0.29, 0.717) is 5.75 Å². The lowest BCUT2D eigenvalue weighted by molar-refractivity contribution is 0.174. The Balaban J connectivity index is 1.78. The van der Waals surface area contributed by atoms with Gasteiger partial charge in [0.25, 0.3) is 0 Å². The highest BCUT2D eigenvalue weighted by molar-refractivity contribution is 5.56. The molecule has 0 aromatic heterocycles. The van der Waals surface area contributed by atoms with Crippen molar-refractivity contribution in [1.82, 2.24) is 0 Å². The van der Waals surface area contributed by atoms with E-state index in [0.717, 1.165) is 22.7 Å². The number of anilines is 1. The highest BCUT2D eigenvalue weighted by Gasteiger charge is 2.15. The first-order valence-electron chi connectivity index (χ1n) is 6.70. The first-order chi connectivity index (χ1) is 10.2. The zero-order valence-corrected chi connectivity index (χ0v) is 11.9. The summed E-state index contributed by atoms with van der Waals surface area (Å²) in [5.74, 6) is 2.11. The summed E-state index contributed by atoms with van der Waals surface area (Å²) in [5.41, 5.74) is 1.96. The van der Waals surface area contributed by atoms with Crippen LogP contribution in [-0.2, 0) is 0 Å². The minimum atomic E-state index is 0.0554. The second-order valence-corrected chi connectivity index (χ2v) is 4.87. The maximum absolute atomic E-state index is 9.64. The van der Waals surface area contributed by atoms with E-state index in [1.54, 1.807) is 6.07 Å². The van der Waals surface area contributed by atoms with Crippen molar-refractivity contribution in [3.8, 4) is 23.0 Å². The average Bonchev–Trinajstić information content (AvgIpc) is 2.95. The quantitative estimate of drug-likeness (QED) is 0.903. The lowest BCUT2D eigenvalue weighted by Gasteiger charge is -2.17. The summed E-state index contributed by atoms with van der Waals surface area (Å²) < 4.78 is 15.8. The summed E-state index contributed by atoms with van der Waals surface area (Å²) in [6.45, 7) is 2.31. The fraction of sp³-hybridized carbons (Fsp3) is 0.250. The zero-order chi connectivity index (χ0) is 14.8. The van der Waals surface area contributed by atoms with Crippen molar-refractivity contribution in [1.29, 1.82) is 0 Å². The van der Waals surface area contributed by atoms with Gasteiger partial charge < -0.3 is 24.6 Å². The fourth-order valence-electron chi connectivity index (χ4n) is 2.28. The number of ether oxygens (including phenoxy) is 3. The van der Waals surface area contributed by atoms with Crippen LogP contribution in [0.3, 0.4) is 0 Å². The number of benzene rings is 2. The van der Waals surface area contributed by atoms with Gasteiger partial charge in [-0.25, -0.2) is 0 Å². The monoisotopic (exact) mass is 287 g/mol. The Morgan fingerprint density at radius 3 is 2.76 bits per heavy atom. The summed E-state index contributed by atoms with van der Waals surface area (Å²) in [6.07, 6.45) is 0. The zero-order valence-electron chi connectivity index (χ0n) is 11.9. The number of aromatic hydroxyl groups is 1. The van der Waals surface area contributed by atoms with Gasteiger partial charge >= 0.3 is 0 Å². The minimum Gasteiger partial charge on any atom is -0.504 e. The molecular weight excluding hydrogens is 270 g/mol. The molecule has 5 heteroatoms. The Morgan fingerprint density at radius 1 is 1.14 bits per heavy atom. The molecule has 110 valence electrons. The number of hydrogen-bond acceptors (Lipinski definition) is 5. The first-order valence-corrected chi connectivity index (χ1v) is 6.70. The molecule has 0 saturated carbocycles. The second-order valence-electron chi connectivity index (χ2n) is 4.87. The van der Waals surface area contributed by atoms with Crippen LogP contribution in [0.5, 0.6) is 23.0 Å². The van der Waals surface area contributed by atoms with Crippen molar-refractivity contribution < 1.29 is 19.3 Å². The van der Waals surface area contributed by atoms with Crippen molar-refractivity contribution in [3.63, 3.8) is 0 Å². The van der Waals surface area contributed by atoms with Crippen LogP contribution in [-0.4, -0.2) is 19.0 Å². The largest absolute Gasteiger partial charge is 0.504 e. The van der Waals surface area contributed by atoms with Gasteiger partial charge in [-0.05, 0) is 36.8 Å². The Bertz CT molecular complexity index is 657. The molecule has 0 saturated heterocycles. The normalized spacial score (nSPS) is 13.8. The molecule has 0 spiro atoms. The number of hydrogen-bond donors (Lipinski definition) is 2. The number of nitrogens with one attached hydrogen (secondary N) is 1. The van der Waals surface area contributed by atoms with Gasteiger partial charge in [0.05, 0.1) is 7.11 Å². The predicted molar refractivity (Wildman–Crippen MR) is 79.3 cm³/mol. The molecule has 1 atom stereocenters. The van der Waals surface area contributed by atoms with Crippen molar-refractivity contribution in [2.24, 2.45) is 0 Å². The van der Waals surface area contributed by atoms with Gasteiger partial charge in [0.1, 0.15) is 0 Å². The van der Waals surface area contributed by atoms with E-state index in [9.17, 15) is 5.11 Å². The smallest absolute Gasteiger partial charge is 0.231 e. The van der Waals surface area contributed by atoms with Gasteiger partial charge in [0, 0.05) is 17.8 Å². The van der Waals surface area contributed by atoms with Crippen LogP contribution in [0.1, 0.15) is 18.5 Å². The summed E-state index contributed by atoms with van der Waals surface area (Å²) in [6, 6.07) is 11.1. The van der Waals surface area contributed by atoms with Gasteiger partial charge in [-0.15, -0.1) is 0 Å². The lowest BCUT2D eigenvalue weighted by Crippen LogP contribution is -2.06. The molecule has 0 radical (unpaired) electrons. The topological polar surface area (TPSA) is 60.0 Å². The molecule has 0 amide bonds. The summed E-state index contributed by atoms with van der Waals surface area (Å²) in [7, 11) is 1.54. The molecule has 0 fully saturated rings. The molecule has 1 unspecified atom stereocenters. The van der Waals surface area contributed by atoms with Crippen LogP contribution < -0.4 is 19.5 Å². The highest BCUT2D eigenvalue weighted by Crippen LogP contribution is 2.36. The molecular formula is C16H17NO4. The second kappa shape index (κ2) is 5.44. The van der Waals surface area contributed by atoms with Crippen LogP contribution >= 0.6 is 0 Å². The Kier molecular flexibility index (Phi) is 3.48. The van der Waals surface area contributed by atoms with E-state index >= 15 is 0 Å². The van der Waals surface area contributed by atoms with E-state index in [2.05, 4.69) is 5.32 Å². The van der Waals surface area contributed by atoms with Gasteiger partial charge in [0.15, 0.2) is 23.0 Å². The maximum atomic E-state index is 9.64. The van der Waals surface area contributed by atoms with Crippen LogP contribution in [0, 0.1) is 0 Å². The molecule has 1 heterocycles. The molecule has 21 heavy (non-hydrogen) atoms. The number of methoxy groups -OCH3 is 1. The van der Waals surface area contributed by atoms with Gasteiger partial charge in [-0.2, -0.15) is 0 Å². The van der Waals surface area contributed by atoms with Crippen molar-refractivity contribution in [2.45, 2.75) is 13.0 Å². The molecule has 2 aromatic rings. The fourth-order valence-corrected chi connectivity index (χ4v) is 2.28. The molecule has 5 nitrogen and oxygen atoms in total. The molecule has 0 bridgehead atoms. The van der Waals surface area contributed by atoms with Crippen molar-refractivity contribution in [2.75, 3.05) is 19.2 Å². The number of phenols is 1. The Morgan fingerprint density at radius 2 is 1.95 bits per heavy atom. The number of rotatable bonds is 4. The van der Waals surface area contributed by atoms with E-state index in [4.69, 9.17) is 14.2 Å². The molecule has 2 aromatic carbocycles. The molecule has 1 aliphatic rings. The van der Waals surface area contributed by atoms with E-state index in [1.807, 2.05) is 37.3 Å². The number of fused-ring (bicyclic) bond motifs is 1. The van der Waals surface area contributed by atoms with Crippen LogP contribution in [0.15, 0.2) is 36.4 Å². The van der Waals surface area contributed by atoms with E-state index in [1.165, 1.54) is 7.11 Å². The van der Waals surface area contributed by atoms with Crippen molar-refractivity contribution >= 4 is 5.69 Å². The van der Waals surface area contributed by atoms with E-state index in [-0.39, 0.29) is 18.6 Å². The van der Waals surface area contributed by atoms with Gasteiger partial charge in [-0.3, -0.25) is 0 Å². The third-order valence-corrected chi connectivity index (χ3v) is 3.46. The Hall–Kier alpha value is -2.56. The Labute approximate surface area is 123 Å². The third kappa shape index (κ3) is 2.67. The van der Waals surface area contributed by atoms with Crippen LogP contribution in [0.4, 0.5) is 5.69 Å². The standard InChI is InChI=1S/C16H17NO4/c1-10(11-3-5-13(18)15(7-11)19-2)17-12-4-6-14-16(8-12)21-9-20-14/h3-8,10,17-18H,9H2,1-2H3. The number of phenolic OH excluding ortho intramolecular Hbond substituents is 1. The molecule has 0 aliphatic carbocycles. The molecule has 1 aliphatic heterocycles. The van der Waals surface area contributed by atoms with Crippen molar-refractivity contribution in [3.05, 3.63) is 42.0 Å². The average molecular weight is 287 g/mol. The lowest BCUT2D eigenvalue weighted by atomic mass is 10.1. The first kappa shape index (κ1) is 13.4. The predicted octanol–water partition coefficient (Wildman–Crippen LogP) is 3.30. The maximum Gasteiger partial charge on any atom is 0.231 e. The van der Waals surface area contributed by atoms with Gasteiger partial charge in [0.2, 0.25) is 6.79 Å². The molecule has 3 rings (SSSR count). The molecule has 2 N–H and O–H groups in total. The van der Waals surface area contributed by atoms with Crippen LogP contribution in [0.2, 0.25) is 0 Å². The third-order valence-electron chi connectivity index (χ3n) is 3.46. The minimum absolute atomic E-state index is 0.0554. The van der Waals surface area contributed by atoms with E-state index < -0.39 is 0 Å². The summed E-state index contributed by atoms with van der Waals surface area (Å²) in [4.78, 5) is 0. The van der Waals surface area contributed by atoms with Crippen LogP contribution in [0.25, 0.3) is 0 Å². The SMILES string of the molecule is COc1cc(C(C)Nc2ccc3c(c2)OCO3)ccc1O. The highest BCUT2D eigenvalue weighted by atomic mass is 16.7.